The van der Waals surface area contributed by atoms with Crippen LogP contribution in [0.25, 0.3) is 0 Å². The van der Waals surface area contributed by atoms with Crippen molar-refractivity contribution < 1.29 is 18.9 Å². The molecule has 12 heavy (non-hydrogen) atoms. The monoisotopic (exact) mass is 229 g/mol. The van der Waals surface area contributed by atoms with E-state index in [1.165, 1.54) is 6.42 Å². The van der Waals surface area contributed by atoms with Gasteiger partial charge in [-0.05, 0) is 0 Å². The Hall–Kier alpha value is 0.347. The second kappa shape index (κ2) is 13.9. The van der Waals surface area contributed by atoms with Gasteiger partial charge in [-0.2, -0.15) is 6.42 Å². The van der Waals surface area contributed by atoms with Crippen molar-refractivity contribution in [1.82, 2.24) is 5.32 Å². The van der Waals surface area contributed by atoms with Gasteiger partial charge in [-0.3, -0.25) is 4.99 Å². The molecule has 0 aliphatic carbocycles. The summed E-state index contributed by atoms with van der Waals surface area (Å²) >= 11 is 0. The maximum absolute atomic E-state index is 5.17. The number of nitrogens with zero attached hydrogens (tertiary/aromatic N) is 1. The van der Waals surface area contributed by atoms with E-state index in [4.69, 9.17) is 5.73 Å². The summed E-state index contributed by atoms with van der Waals surface area (Å²) in [7, 11) is 0. The average Bonchev–Trinajstić information content (AvgIpc) is 2.40. The van der Waals surface area contributed by atoms with E-state index >= 15 is 0 Å². The van der Waals surface area contributed by atoms with Crippen molar-refractivity contribution >= 4 is 22.9 Å². The Kier molecular flexibility index (Phi) is 21.1. The molecule has 0 saturated carbocycles. The van der Waals surface area contributed by atoms with Crippen LogP contribution in [-0.4, -0.2) is 19.0 Å². The van der Waals surface area contributed by atoms with Gasteiger partial charge in [0.2, 0.25) is 0 Å². The molecule has 1 heterocycles. The van der Waals surface area contributed by atoms with Crippen LogP contribution in [0.2, 0.25) is 0 Å². The molecule has 68 valence electrons. The van der Waals surface area contributed by atoms with Gasteiger partial charge in [-0.25, -0.2) is 0 Å². The number of hydrogen-bond donors (Lipinski definition) is 2. The third-order valence-electron chi connectivity index (χ3n) is 1.05. The zero-order valence-corrected chi connectivity index (χ0v) is 9.68. The van der Waals surface area contributed by atoms with Crippen LogP contribution in [-0.2, 0) is 0 Å². The maximum atomic E-state index is 5.17. The SMILES string of the molecule is Br.NC1=NCCN1.[CH2-]CCC.[Li+]. The van der Waals surface area contributed by atoms with Crippen LogP contribution < -0.4 is 29.9 Å². The molecule has 0 aromatic carbocycles. The van der Waals surface area contributed by atoms with E-state index < -0.39 is 0 Å². The molecular formula is C7H17BrLiN3. The number of hydrogen-bond acceptors (Lipinski definition) is 3. The first kappa shape index (κ1) is 18.2. The fourth-order valence-electron chi connectivity index (χ4n) is 0.416. The molecule has 1 rings (SSSR count). The Labute approximate surface area is 97.5 Å². The molecule has 0 aromatic rings. The molecule has 0 bridgehead atoms. The fraction of sp³-hybridized carbons (Fsp3) is 0.714. The van der Waals surface area contributed by atoms with Crippen molar-refractivity contribution in [2.24, 2.45) is 10.7 Å². The van der Waals surface area contributed by atoms with E-state index in [0.29, 0.717) is 5.96 Å². The second-order valence-corrected chi connectivity index (χ2v) is 2.05. The van der Waals surface area contributed by atoms with E-state index in [2.05, 4.69) is 24.2 Å². The van der Waals surface area contributed by atoms with Gasteiger partial charge in [0.1, 0.15) is 0 Å². The number of nitrogens with two attached hydrogens (primary N) is 1. The predicted octanol–water partition coefficient (Wildman–Crippen LogP) is -1.89. The number of halogens is 1. The summed E-state index contributed by atoms with van der Waals surface area (Å²) in [5.74, 6) is 0.579. The van der Waals surface area contributed by atoms with Crippen LogP contribution >= 0.6 is 17.0 Å². The Balaban J connectivity index is -0.000000124. The molecule has 5 heteroatoms. The van der Waals surface area contributed by atoms with Crippen LogP contribution in [0, 0.1) is 6.92 Å². The van der Waals surface area contributed by atoms with Gasteiger partial charge in [0.25, 0.3) is 0 Å². The summed E-state index contributed by atoms with van der Waals surface area (Å²) in [6.45, 7) is 7.47. The van der Waals surface area contributed by atoms with Crippen LogP contribution in [0.3, 0.4) is 0 Å². The molecule has 3 nitrogen and oxygen atoms in total. The molecular weight excluding hydrogens is 213 g/mol. The van der Waals surface area contributed by atoms with Crippen molar-refractivity contribution in [3.63, 3.8) is 0 Å². The van der Waals surface area contributed by atoms with E-state index in [0.717, 1.165) is 19.5 Å². The van der Waals surface area contributed by atoms with E-state index in [9.17, 15) is 0 Å². The molecule has 0 atom stereocenters. The number of guanidine groups is 1. The summed E-state index contributed by atoms with van der Waals surface area (Å²) in [6, 6.07) is 0. The van der Waals surface area contributed by atoms with Gasteiger partial charge in [0, 0.05) is 6.54 Å². The molecule has 0 fully saturated rings. The topological polar surface area (TPSA) is 50.4 Å². The minimum Gasteiger partial charge on any atom is -0.370 e. The largest absolute Gasteiger partial charge is 1.00 e. The minimum atomic E-state index is 0. The van der Waals surface area contributed by atoms with E-state index in [1.807, 2.05) is 0 Å². The van der Waals surface area contributed by atoms with Crippen molar-refractivity contribution in [2.45, 2.75) is 19.8 Å². The normalized spacial score (nSPS) is 12.3. The minimum absolute atomic E-state index is 0. The van der Waals surface area contributed by atoms with Gasteiger partial charge < -0.3 is 18.0 Å². The zero-order valence-electron chi connectivity index (χ0n) is 7.97. The molecule has 1 aliphatic heterocycles. The summed E-state index contributed by atoms with van der Waals surface area (Å²) in [5.41, 5.74) is 5.17. The number of nitrogens with one attached hydrogen (secondary N) is 1. The second-order valence-electron chi connectivity index (χ2n) is 2.05. The van der Waals surface area contributed by atoms with Gasteiger partial charge in [-0.15, -0.1) is 17.0 Å². The third kappa shape index (κ3) is 13.0. The Morgan fingerprint density at radius 2 is 2.17 bits per heavy atom. The summed E-state index contributed by atoms with van der Waals surface area (Å²) < 4.78 is 0. The first-order chi connectivity index (χ1) is 4.81. The van der Waals surface area contributed by atoms with Gasteiger partial charge in [0.05, 0.1) is 6.54 Å². The zero-order chi connectivity index (χ0) is 7.82. The fourth-order valence-corrected chi connectivity index (χ4v) is 0.416. The Bertz CT molecular complexity index is 107. The smallest absolute Gasteiger partial charge is 0.370 e. The maximum Gasteiger partial charge on any atom is 1.00 e. The van der Waals surface area contributed by atoms with E-state index in [1.54, 1.807) is 0 Å². The van der Waals surface area contributed by atoms with Crippen LogP contribution in [0.4, 0.5) is 0 Å². The quantitative estimate of drug-likeness (QED) is 0.408. The third-order valence-corrected chi connectivity index (χ3v) is 1.05. The van der Waals surface area contributed by atoms with Crippen LogP contribution in [0.15, 0.2) is 4.99 Å². The van der Waals surface area contributed by atoms with Crippen molar-refractivity contribution in [3.05, 3.63) is 6.92 Å². The van der Waals surface area contributed by atoms with Crippen LogP contribution in [0.1, 0.15) is 19.8 Å². The van der Waals surface area contributed by atoms with Crippen molar-refractivity contribution in [1.29, 1.82) is 0 Å². The molecule has 1 aliphatic rings. The Morgan fingerprint density at radius 3 is 2.25 bits per heavy atom. The number of aliphatic imine (C=N–C) groups is 1. The van der Waals surface area contributed by atoms with Crippen LogP contribution in [0.5, 0.6) is 0 Å². The van der Waals surface area contributed by atoms with Gasteiger partial charge in [-0.1, -0.05) is 13.3 Å². The van der Waals surface area contributed by atoms with Crippen molar-refractivity contribution in [2.75, 3.05) is 13.1 Å². The average molecular weight is 230 g/mol. The molecule has 0 amide bonds. The van der Waals surface area contributed by atoms with E-state index in [-0.39, 0.29) is 35.8 Å². The van der Waals surface area contributed by atoms with Gasteiger partial charge >= 0.3 is 18.9 Å². The number of unbranched alkanes of at least 4 members (excludes halogenated alkanes) is 1. The first-order valence-electron chi connectivity index (χ1n) is 3.64. The summed E-state index contributed by atoms with van der Waals surface area (Å²) in [4.78, 5) is 3.82. The Morgan fingerprint density at radius 1 is 1.67 bits per heavy atom. The van der Waals surface area contributed by atoms with Gasteiger partial charge in [0.15, 0.2) is 5.96 Å². The molecule has 0 aromatic heterocycles. The summed E-state index contributed by atoms with van der Waals surface area (Å²) in [5, 5.41) is 2.85. The molecule has 0 unspecified atom stereocenters. The summed E-state index contributed by atoms with van der Waals surface area (Å²) in [6.07, 6.45) is 2.28. The number of rotatable bonds is 1. The van der Waals surface area contributed by atoms with Crippen molar-refractivity contribution in [3.8, 4) is 0 Å². The first-order valence-corrected chi connectivity index (χ1v) is 3.64. The molecule has 0 saturated heterocycles. The molecule has 0 radical (unpaired) electrons. The standard InChI is InChI=1S/C4H9.C3H7N3.BrH.Li/c1-3-4-2;4-3-5-1-2-6-3;;/h1,3-4H2,2H3;1-2H2,(H3,4,5,6);1H;/q-1;;;+1. The molecule has 0 spiro atoms. The predicted molar refractivity (Wildman–Crippen MR) is 55.1 cm³/mol. The molecule has 3 N–H and O–H groups in total.